The van der Waals surface area contributed by atoms with E-state index in [-0.39, 0.29) is 6.04 Å². The molecule has 1 rings (SSSR count). The highest BCUT2D eigenvalue weighted by Crippen LogP contribution is 2.11. The lowest BCUT2D eigenvalue weighted by molar-refractivity contribution is 0.688. The summed E-state index contributed by atoms with van der Waals surface area (Å²) in [5.41, 5.74) is 9.92. The van der Waals surface area contributed by atoms with Gasteiger partial charge in [-0.3, -0.25) is 0 Å². The van der Waals surface area contributed by atoms with Crippen molar-refractivity contribution in [1.29, 1.82) is 0 Å². The van der Waals surface area contributed by atoms with Crippen molar-refractivity contribution in [2.24, 2.45) is 5.73 Å². The van der Waals surface area contributed by atoms with Crippen molar-refractivity contribution in [3.05, 3.63) is 34.9 Å². The smallest absolute Gasteiger partial charge is 0.0244 e. The van der Waals surface area contributed by atoms with E-state index >= 15 is 0 Å². The Hall–Kier alpha value is -1.26. The molecule has 15 heavy (non-hydrogen) atoms. The van der Waals surface area contributed by atoms with Gasteiger partial charge < -0.3 is 5.73 Å². The maximum absolute atomic E-state index is 5.99. The second kappa shape index (κ2) is 5.58. The molecule has 0 saturated heterocycles. The fourth-order valence-electron chi connectivity index (χ4n) is 1.79. The molecule has 0 aliphatic carbocycles. The van der Waals surface area contributed by atoms with Crippen LogP contribution in [0, 0.1) is 25.7 Å². The summed E-state index contributed by atoms with van der Waals surface area (Å²) >= 11 is 0. The van der Waals surface area contributed by atoms with Gasteiger partial charge in [0.1, 0.15) is 0 Å². The lowest BCUT2D eigenvalue weighted by Crippen LogP contribution is -2.22. The zero-order valence-corrected chi connectivity index (χ0v) is 9.80. The van der Waals surface area contributed by atoms with Crippen LogP contribution < -0.4 is 5.73 Å². The van der Waals surface area contributed by atoms with Crippen LogP contribution in [0.25, 0.3) is 0 Å². The van der Waals surface area contributed by atoms with Crippen LogP contribution in [0.3, 0.4) is 0 Å². The maximum Gasteiger partial charge on any atom is 0.0244 e. The minimum Gasteiger partial charge on any atom is -0.327 e. The lowest BCUT2D eigenvalue weighted by Gasteiger charge is -2.09. The summed E-state index contributed by atoms with van der Waals surface area (Å²) in [5, 5.41) is 0. The largest absolute Gasteiger partial charge is 0.327 e. The molecular weight excluding hydrogens is 182 g/mol. The highest BCUT2D eigenvalue weighted by molar-refractivity contribution is 5.29. The molecule has 0 radical (unpaired) electrons. The van der Waals surface area contributed by atoms with Crippen LogP contribution in [0.5, 0.6) is 0 Å². The zero-order valence-electron chi connectivity index (χ0n) is 9.80. The van der Waals surface area contributed by atoms with Gasteiger partial charge in [0.2, 0.25) is 0 Å². The Morgan fingerprint density at radius 3 is 2.33 bits per heavy atom. The van der Waals surface area contributed by atoms with E-state index in [0.29, 0.717) is 0 Å². The maximum atomic E-state index is 5.99. The van der Waals surface area contributed by atoms with Crippen molar-refractivity contribution >= 4 is 0 Å². The molecule has 0 aliphatic rings. The van der Waals surface area contributed by atoms with Gasteiger partial charge in [-0.15, -0.1) is 11.8 Å². The summed E-state index contributed by atoms with van der Waals surface area (Å²) in [6, 6.07) is 6.73. The summed E-state index contributed by atoms with van der Waals surface area (Å²) in [5.74, 6) is 5.90. The number of hydrogen-bond acceptors (Lipinski definition) is 1. The number of aryl methyl sites for hydroxylation is 2. The van der Waals surface area contributed by atoms with Gasteiger partial charge in [0, 0.05) is 12.5 Å². The lowest BCUT2D eigenvalue weighted by atomic mass is 10.0. The van der Waals surface area contributed by atoms with Crippen molar-refractivity contribution in [3.63, 3.8) is 0 Å². The first-order chi connectivity index (χ1) is 7.11. The van der Waals surface area contributed by atoms with E-state index in [4.69, 9.17) is 5.73 Å². The van der Waals surface area contributed by atoms with E-state index in [9.17, 15) is 0 Å². The molecule has 0 aromatic heterocycles. The molecule has 1 nitrogen and oxygen atoms in total. The normalized spacial score (nSPS) is 11.7. The van der Waals surface area contributed by atoms with Gasteiger partial charge in [-0.1, -0.05) is 29.3 Å². The third-order valence-corrected chi connectivity index (χ3v) is 2.32. The summed E-state index contributed by atoms with van der Waals surface area (Å²) in [6.07, 6.45) is 1.70. The van der Waals surface area contributed by atoms with Gasteiger partial charge in [0.15, 0.2) is 0 Å². The summed E-state index contributed by atoms with van der Waals surface area (Å²) in [4.78, 5) is 0. The number of rotatable bonds is 3. The van der Waals surface area contributed by atoms with E-state index < -0.39 is 0 Å². The van der Waals surface area contributed by atoms with Crippen molar-refractivity contribution in [1.82, 2.24) is 0 Å². The van der Waals surface area contributed by atoms with Gasteiger partial charge in [-0.25, -0.2) is 0 Å². The van der Waals surface area contributed by atoms with E-state index in [1.807, 2.05) is 6.92 Å². The molecule has 80 valence electrons. The molecule has 1 unspecified atom stereocenters. The molecule has 0 aliphatic heterocycles. The van der Waals surface area contributed by atoms with E-state index in [1.54, 1.807) is 0 Å². The molecule has 0 bridgehead atoms. The van der Waals surface area contributed by atoms with Crippen LogP contribution in [0.1, 0.15) is 30.0 Å². The first-order valence-electron chi connectivity index (χ1n) is 5.34. The third-order valence-electron chi connectivity index (χ3n) is 2.32. The molecule has 1 aromatic carbocycles. The Kier molecular flexibility index (Phi) is 4.39. The summed E-state index contributed by atoms with van der Waals surface area (Å²) < 4.78 is 0. The van der Waals surface area contributed by atoms with Crippen molar-refractivity contribution in [2.45, 2.75) is 39.7 Å². The van der Waals surface area contributed by atoms with Crippen LogP contribution >= 0.6 is 0 Å². The minimum absolute atomic E-state index is 0.152. The fraction of sp³-hybridized carbons (Fsp3) is 0.429. The van der Waals surface area contributed by atoms with E-state index in [0.717, 1.165) is 12.8 Å². The van der Waals surface area contributed by atoms with Crippen LogP contribution in [0.2, 0.25) is 0 Å². The second-order valence-corrected chi connectivity index (χ2v) is 4.09. The first kappa shape index (κ1) is 11.8. The van der Waals surface area contributed by atoms with Crippen LogP contribution in [-0.4, -0.2) is 6.04 Å². The van der Waals surface area contributed by atoms with Gasteiger partial charge in [0.25, 0.3) is 0 Å². The molecular formula is C14H19N. The topological polar surface area (TPSA) is 26.0 Å². The van der Waals surface area contributed by atoms with Crippen LogP contribution in [0.4, 0.5) is 0 Å². The first-order valence-corrected chi connectivity index (χ1v) is 5.34. The third kappa shape index (κ3) is 4.18. The second-order valence-electron chi connectivity index (χ2n) is 4.09. The van der Waals surface area contributed by atoms with Crippen molar-refractivity contribution in [3.8, 4) is 11.8 Å². The Morgan fingerprint density at radius 1 is 1.20 bits per heavy atom. The van der Waals surface area contributed by atoms with Gasteiger partial charge in [-0.2, -0.15) is 0 Å². The molecule has 0 spiro atoms. The van der Waals surface area contributed by atoms with Crippen LogP contribution in [-0.2, 0) is 6.42 Å². The van der Waals surface area contributed by atoms with Gasteiger partial charge >= 0.3 is 0 Å². The molecule has 2 N–H and O–H groups in total. The number of hydrogen-bond donors (Lipinski definition) is 1. The molecule has 1 aromatic rings. The minimum atomic E-state index is 0.152. The average molecular weight is 201 g/mol. The van der Waals surface area contributed by atoms with E-state index in [2.05, 4.69) is 43.9 Å². The Bertz CT molecular complexity index is 362. The molecule has 0 amide bonds. The Labute approximate surface area is 92.7 Å². The number of benzene rings is 1. The highest BCUT2D eigenvalue weighted by Gasteiger charge is 2.03. The zero-order chi connectivity index (χ0) is 11.3. The molecule has 0 fully saturated rings. The molecule has 1 atom stereocenters. The SMILES string of the molecule is CC#CCC(N)Cc1cc(C)cc(C)c1. The predicted octanol–water partition coefficient (Wildman–Crippen LogP) is 2.59. The van der Waals surface area contributed by atoms with Gasteiger partial charge in [-0.05, 0) is 32.8 Å². The number of nitrogens with two attached hydrogens (primary N) is 1. The molecule has 0 saturated carbocycles. The standard InChI is InChI=1S/C14H19N/c1-4-5-6-14(15)10-13-8-11(2)7-12(3)9-13/h7-9,14H,6,10,15H2,1-3H3. The monoisotopic (exact) mass is 201 g/mol. The Balaban J connectivity index is 2.66. The van der Waals surface area contributed by atoms with Crippen LogP contribution in [0.15, 0.2) is 18.2 Å². The Morgan fingerprint density at radius 2 is 1.80 bits per heavy atom. The van der Waals surface area contributed by atoms with E-state index in [1.165, 1.54) is 16.7 Å². The predicted molar refractivity (Wildman–Crippen MR) is 65.7 cm³/mol. The fourth-order valence-corrected chi connectivity index (χ4v) is 1.79. The summed E-state index contributed by atoms with van der Waals surface area (Å²) in [6.45, 7) is 6.09. The highest BCUT2D eigenvalue weighted by atomic mass is 14.6. The van der Waals surface area contributed by atoms with Crippen molar-refractivity contribution in [2.75, 3.05) is 0 Å². The molecule has 1 heteroatoms. The molecule has 0 heterocycles. The van der Waals surface area contributed by atoms with Gasteiger partial charge in [0.05, 0.1) is 0 Å². The van der Waals surface area contributed by atoms with Crippen molar-refractivity contribution < 1.29 is 0 Å². The quantitative estimate of drug-likeness (QED) is 0.747. The average Bonchev–Trinajstić information content (AvgIpc) is 2.13. The summed E-state index contributed by atoms with van der Waals surface area (Å²) in [7, 11) is 0.